The normalized spacial score (nSPS) is 13.8. The van der Waals surface area contributed by atoms with Crippen molar-refractivity contribution in [2.45, 2.75) is 40.2 Å². The Morgan fingerprint density at radius 2 is 1.88 bits per heavy atom. The number of nitrogens with one attached hydrogen (secondary N) is 1. The number of benzene rings is 1. The molecule has 17 heavy (non-hydrogen) atoms. The second kappa shape index (κ2) is 5.58. The molecule has 0 fully saturated rings. The third kappa shape index (κ3) is 3.25. The van der Waals surface area contributed by atoms with Gasteiger partial charge in [-0.2, -0.15) is 0 Å². The van der Waals surface area contributed by atoms with Gasteiger partial charge < -0.3 is 5.32 Å². The zero-order valence-corrected chi connectivity index (χ0v) is 11.0. The van der Waals surface area contributed by atoms with Crippen LogP contribution in [-0.2, 0) is 0 Å². The molecule has 0 bridgehead atoms. The number of rotatable bonds is 5. The van der Waals surface area contributed by atoms with Crippen molar-refractivity contribution in [2.75, 3.05) is 6.54 Å². The van der Waals surface area contributed by atoms with Crippen LogP contribution in [0.15, 0.2) is 18.2 Å². The zero-order chi connectivity index (χ0) is 13.1. The Kier molecular flexibility index (Phi) is 4.63. The third-order valence-corrected chi connectivity index (χ3v) is 3.37. The summed E-state index contributed by atoms with van der Waals surface area (Å²) in [6.45, 7) is 8.99. The first-order valence-corrected chi connectivity index (χ1v) is 6.10. The van der Waals surface area contributed by atoms with E-state index in [2.05, 4.69) is 26.1 Å². The minimum atomic E-state index is -0.532. The SMILES string of the molecule is CCNC(c1ccc(F)cc1F)C(C)(C)CC. The molecule has 96 valence electrons. The first-order valence-electron chi connectivity index (χ1n) is 6.10. The van der Waals surface area contributed by atoms with Gasteiger partial charge in [-0.15, -0.1) is 0 Å². The fourth-order valence-electron chi connectivity index (χ4n) is 1.95. The fourth-order valence-corrected chi connectivity index (χ4v) is 1.95. The predicted molar refractivity (Wildman–Crippen MR) is 66.8 cm³/mol. The first kappa shape index (κ1) is 14.1. The van der Waals surface area contributed by atoms with E-state index in [1.165, 1.54) is 12.1 Å². The van der Waals surface area contributed by atoms with Crippen LogP contribution in [0.4, 0.5) is 8.78 Å². The van der Waals surface area contributed by atoms with Crippen molar-refractivity contribution in [3.63, 3.8) is 0 Å². The molecule has 0 aromatic heterocycles. The van der Waals surface area contributed by atoms with Gasteiger partial charge >= 0.3 is 0 Å². The van der Waals surface area contributed by atoms with E-state index in [4.69, 9.17) is 0 Å². The quantitative estimate of drug-likeness (QED) is 0.820. The van der Waals surface area contributed by atoms with Crippen LogP contribution >= 0.6 is 0 Å². The predicted octanol–water partition coefficient (Wildman–Crippen LogP) is 4.05. The summed E-state index contributed by atoms with van der Waals surface area (Å²) in [5.74, 6) is -1.01. The molecule has 1 rings (SSSR count). The average molecular weight is 241 g/mol. The molecular weight excluding hydrogens is 220 g/mol. The first-order chi connectivity index (χ1) is 7.92. The molecule has 0 aliphatic heterocycles. The summed E-state index contributed by atoms with van der Waals surface area (Å²) in [4.78, 5) is 0. The minimum absolute atomic E-state index is 0.0747. The van der Waals surface area contributed by atoms with E-state index in [0.29, 0.717) is 5.56 Å². The van der Waals surface area contributed by atoms with Crippen LogP contribution in [0.3, 0.4) is 0 Å². The van der Waals surface area contributed by atoms with Crippen molar-refractivity contribution >= 4 is 0 Å². The molecule has 0 amide bonds. The van der Waals surface area contributed by atoms with Crippen LogP contribution in [-0.4, -0.2) is 6.54 Å². The molecule has 0 aliphatic rings. The number of hydrogen-bond acceptors (Lipinski definition) is 1. The Morgan fingerprint density at radius 3 is 2.35 bits per heavy atom. The van der Waals surface area contributed by atoms with Crippen LogP contribution < -0.4 is 5.32 Å². The second-order valence-electron chi connectivity index (χ2n) is 5.00. The highest BCUT2D eigenvalue weighted by molar-refractivity contribution is 5.24. The maximum absolute atomic E-state index is 13.8. The molecule has 1 aromatic rings. The summed E-state index contributed by atoms with van der Waals surface area (Å²) in [5.41, 5.74) is 0.467. The highest BCUT2D eigenvalue weighted by Crippen LogP contribution is 2.37. The lowest BCUT2D eigenvalue weighted by Gasteiger charge is -2.34. The van der Waals surface area contributed by atoms with Crippen molar-refractivity contribution in [1.29, 1.82) is 0 Å². The molecule has 1 unspecified atom stereocenters. The largest absolute Gasteiger partial charge is 0.310 e. The summed E-state index contributed by atoms with van der Waals surface area (Å²) in [7, 11) is 0. The van der Waals surface area contributed by atoms with Crippen molar-refractivity contribution in [3.8, 4) is 0 Å². The van der Waals surface area contributed by atoms with E-state index >= 15 is 0 Å². The maximum Gasteiger partial charge on any atom is 0.130 e. The monoisotopic (exact) mass is 241 g/mol. The van der Waals surface area contributed by atoms with E-state index in [1.807, 2.05) is 6.92 Å². The maximum atomic E-state index is 13.8. The molecule has 0 spiro atoms. The van der Waals surface area contributed by atoms with E-state index in [1.54, 1.807) is 0 Å². The Labute approximate surface area is 102 Å². The van der Waals surface area contributed by atoms with Gasteiger partial charge in [-0.05, 0) is 24.4 Å². The summed E-state index contributed by atoms with van der Waals surface area (Å²) in [6, 6.07) is 3.70. The van der Waals surface area contributed by atoms with Crippen LogP contribution in [0.1, 0.15) is 45.7 Å². The van der Waals surface area contributed by atoms with E-state index in [9.17, 15) is 8.78 Å². The summed E-state index contributed by atoms with van der Waals surface area (Å²) in [5, 5.41) is 3.29. The Morgan fingerprint density at radius 1 is 1.24 bits per heavy atom. The molecule has 1 atom stereocenters. The lowest BCUT2D eigenvalue weighted by Crippen LogP contribution is -2.34. The Balaban J connectivity index is 3.14. The molecule has 1 nitrogen and oxygen atoms in total. The van der Waals surface area contributed by atoms with Crippen LogP contribution in [0.25, 0.3) is 0 Å². The van der Waals surface area contributed by atoms with Crippen LogP contribution in [0, 0.1) is 17.0 Å². The highest BCUT2D eigenvalue weighted by atomic mass is 19.1. The standard InChI is InChI=1S/C14H21F2N/c1-5-14(3,4)13(17-6-2)11-8-7-10(15)9-12(11)16/h7-9,13,17H,5-6H2,1-4H3. The van der Waals surface area contributed by atoms with Gasteiger partial charge in [0.25, 0.3) is 0 Å². The molecule has 0 saturated heterocycles. The lowest BCUT2D eigenvalue weighted by molar-refractivity contribution is 0.232. The molecule has 0 heterocycles. The zero-order valence-electron chi connectivity index (χ0n) is 11.0. The van der Waals surface area contributed by atoms with Crippen molar-refractivity contribution in [2.24, 2.45) is 5.41 Å². The third-order valence-electron chi connectivity index (χ3n) is 3.37. The highest BCUT2D eigenvalue weighted by Gasteiger charge is 2.30. The van der Waals surface area contributed by atoms with Crippen molar-refractivity contribution < 1.29 is 8.78 Å². The summed E-state index contributed by atoms with van der Waals surface area (Å²) >= 11 is 0. The van der Waals surface area contributed by atoms with E-state index < -0.39 is 11.6 Å². The van der Waals surface area contributed by atoms with Gasteiger partial charge in [-0.1, -0.05) is 33.8 Å². The van der Waals surface area contributed by atoms with Gasteiger partial charge in [0.1, 0.15) is 11.6 Å². The second-order valence-corrected chi connectivity index (χ2v) is 5.00. The van der Waals surface area contributed by atoms with Gasteiger partial charge in [0.05, 0.1) is 0 Å². The van der Waals surface area contributed by atoms with Crippen molar-refractivity contribution in [1.82, 2.24) is 5.32 Å². The number of halogens is 2. The summed E-state index contributed by atoms with van der Waals surface area (Å²) < 4.78 is 26.7. The van der Waals surface area contributed by atoms with E-state index in [-0.39, 0.29) is 11.5 Å². The van der Waals surface area contributed by atoms with Gasteiger partial charge in [-0.25, -0.2) is 8.78 Å². The number of hydrogen-bond donors (Lipinski definition) is 1. The average Bonchev–Trinajstić information content (AvgIpc) is 2.27. The Hall–Kier alpha value is -0.960. The minimum Gasteiger partial charge on any atom is -0.310 e. The van der Waals surface area contributed by atoms with Crippen LogP contribution in [0.2, 0.25) is 0 Å². The molecule has 0 radical (unpaired) electrons. The molecule has 3 heteroatoms. The fraction of sp³-hybridized carbons (Fsp3) is 0.571. The van der Waals surface area contributed by atoms with Gasteiger partial charge in [0.2, 0.25) is 0 Å². The summed E-state index contributed by atoms with van der Waals surface area (Å²) in [6.07, 6.45) is 0.918. The van der Waals surface area contributed by atoms with Gasteiger partial charge in [-0.3, -0.25) is 0 Å². The smallest absolute Gasteiger partial charge is 0.130 e. The van der Waals surface area contributed by atoms with Crippen molar-refractivity contribution in [3.05, 3.63) is 35.4 Å². The molecule has 1 N–H and O–H groups in total. The molecule has 0 aliphatic carbocycles. The molecule has 1 aromatic carbocycles. The van der Waals surface area contributed by atoms with E-state index in [0.717, 1.165) is 19.0 Å². The van der Waals surface area contributed by atoms with Crippen LogP contribution in [0.5, 0.6) is 0 Å². The van der Waals surface area contributed by atoms with Gasteiger partial charge in [0, 0.05) is 17.7 Å². The van der Waals surface area contributed by atoms with Gasteiger partial charge in [0.15, 0.2) is 0 Å². The lowest BCUT2D eigenvalue weighted by atomic mass is 9.78. The Bertz CT molecular complexity index is 374. The topological polar surface area (TPSA) is 12.0 Å². The molecule has 0 saturated carbocycles. The molecular formula is C14H21F2N.